The second kappa shape index (κ2) is 18.2. The van der Waals surface area contributed by atoms with Crippen LogP contribution in [0.2, 0.25) is 0 Å². The van der Waals surface area contributed by atoms with Gasteiger partial charge in [0.1, 0.15) is 0 Å². The molecule has 2 unspecified atom stereocenters. The van der Waals surface area contributed by atoms with Gasteiger partial charge in [-0.15, -0.1) is 0 Å². The topological polar surface area (TPSA) is 89.6 Å². The lowest BCUT2D eigenvalue weighted by Crippen LogP contribution is -2.51. The lowest BCUT2D eigenvalue weighted by molar-refractivity contribution is -0.000361. The summed E-state index contributed by atoms with van der Waals surface area (Å²) in [5, 5.41) is 6.24. The average Bonchev–Trinajstić information content (AvgIpc) is 4.07. The van der Waals surface area contributed by atoms with Gasteiger partial charge in [-0.3, -0.25) is 9.59 Å². The van der Waals surface area contributed by atoms with Crippen molar-refractivity contribution in [2.45, 2.75) is 50.0 Å². The number of ether oxygens (including phenoxy) is 2. The van der Waals surface area contributed by atoms with Gasteiger partial charge in [0.2, 0.25) is 0 Å². The number of fused-ring (bicyclic) bond motifs is 8. The highest BCUT2D eigenvalue weighted by Crippen LogP contribution is 2.56. The highest BCUT2D eigenvalue weighted by molar-refractivity contribution is 8.76. The van der Waals surface area contributed by atoms with Crippen molar-refractivity contribution in [1.29, 1.82) is 0 Å². The number of hydrogen-bond acceptors (Lipinski definition) is 10. The van der Waals surface area contributed by atoms with Gasteiger partial charge in [-0.05, 0) is 95.1 Å². The molecule has 10 rings (SSSR count). The summed E-state index contributed by atoms with van der Waals surface area (Å²) in [4.78, 5) is 35.9. The van der Waals surface area contributed by atoms with Gasteiger partial charge in [0, 0.05) is 120 Å². The predicted molar refractivity (Wildman–Crippen MR) is 283 cm³/mol. The number of carbonyl (C=O) groups excluding carboxylic acids is 2. The van der Waals surface area contributed by atoms with Gasteiger partial charge < -0.3 is 39.7 Å². The Labute approximate surface area is 408 Å². The molecule has 0 bridgehead atoms. The molecule has 0 spiro atoms. The first-order chi connectivity index (χ1) is 32.9. The molecular formula is C56H60N6O4S2. The molecule has 0 saturated carbocycles. The monoisotopic (exact) mass is 944 g/mol. The van der Waals surface area contributed by atoms with E-state index in [2.05, 4.69) is 194 Å². The van der Waals surface area contributed by atoms with E-state index in [0.29, 0.717) is 37.4 Å². The van der Waals surface area contributed by atoms with E-state index in [4.69, 9.17) is 9.47 Å². The minimum absolute atomic E-state index is 0.0866. The second-order valence-electron chi connectivity index (χ2n) is 19.1. The highest BCUT2D eigenvalue weighted by Gasteiger charge is 2.60. The van der Waals surface area contributed by atoms with Crippen LogP contribution in [-0.4, -0.2) is 88.3 Å². The lowest BCUT2D eigenvalue weighted by Gasteiger charge is -2.39. The molecule has 12 heteroatoms. The Hall–Kier alpha value is -5.92. The van der Waals surface area contributed by atoms with Crippen molar-refractivity contribution in [1.82, 2.24) is 10.6 Å². The molecule has 10 nitrogen and oxygen atoms in total. The summed E-state index contributed by atoms with van der Waals surface area (Å²) in [7, 11) is 7.52. The fourth-order valence-corrected chi connectivity index (χ4v) is 12.8. The van der Waals surface area contributed by atoms with E-state index in [0.717, 1.165) is 58.2 Å². The van der Waals surface area contributed by atoms with Gasteiger partial charge >= 0.3 is 0 Å². The van der Waals surface area contributed by atoms with Crippen LogP contribution in [0, 0.1) is 0 Å². The van der Waals surface area contributed by atoms with E-state index in [1.807, 2.05) is 24.3 Å². The number of carbonyl (C=O) groups is 2. The van der Waals surface area contributed by atoms with Crippen LogP contribution >= 0.6 is 21.6 Å². The first kappa shape index (κ1) is 45.8. The zero-order valence-corrected chi connectivity index (χ0v) is 41.4. The number of hydrogen-bond donors (Lipinski definition) is 2. The van der Waals surface area contributed by atoms with Crippen molar-refractivity contribution in [2.24, 2.45) is 0 Å². The number of allylic oxidation sites excluding steroid dienone is 8. The maximum absolute atomic E-state index is 13.5. The molecule has 0 aromatic heterocycles. The van der Waals surface area contributed by atoms with Crippen LogP contribution in [-0.2, 0) is 20.3 Å². The maximum atomic E-state index is 13.5. The zero-order valence-electron chi connectivity index (χ0n) is 39.8. The standard InChI is InChI=1S/C56H60N6O4S2/c1-53(2)45-37-41(19-21-49(45)61-31-33-65-55(53,61)25-11-13-39-23-29-59(5)47-17-9-7-15-43(39)47)51(63)57-27-35-67-68-36-28-58-52(64)42-20-22-50-46(38-42)54(3,4)56(62(50)32-34-66-56)26-12-14-40-24-30-60(6)48-18-10-8-16-44(40)48/h7-26,29-30,37-38H,27-28,31-36H2,1-6H3,(H,57,63)(H,58,64)/b25-11+,26-12+,39-13+,40-14+. The van der Waals surface area contributed by atoms with E-state index >= 15 is 0 Å². The second-order valence-corrected chi connectivity index (χ2v) is 21.8. The van der Waals surface area contributed by atoms with E-state index in [1.165, 1.54) is 22.5 Å². The zero-order chi connectivity index (χ0) is 47.3. The van der Waals surface area contributed by atoms with Crippen LogP contribution < -0.4 is 30.2 Å². The summed E-state index contributed by atoms with van der Waals surface area (Å²) in [5.41, 5.74) is 10.6. The molecule has 4 aromatic carbocycles. The number of para-hydroxylation sites is 2. The van der Waals surface area contributed by atoms with Gasteiger partial charge in [0.15, 0.2) is 11.4 Å². The maximum Gasteiger partial charge on any atom is 0.251 e. The third-order valence-corrected chi connectivity index (χ3v) is 17.1. The fourth-order valence-electron chi connectivity index (χ4n) is 11.0. The molecule has 0 radical (unpaired) electrons. The summed E-state index contributed by atoms with van der Waals surface area (Å²) in [6.07, 6.45) is 21.4. The van der Waals surface area contributed by atoms with Crippen molar-refractivity contribution >= 4 is 67.3 Å². The molecule has 2 fully saturated rings. The van der Waals surface area contributed by atoms with Crippen molar-refractivity contribution < 1.29 is 19.1 Å². The van der Waals surface area contributed by atoms with E-state index < -0.39 is 22.3 Å². The van der Waals surface area contributed by atoms with E-state index in [9.17, 15) is 9.59 Å². The van der Waals surface area contributed by atoms with Crippen LogP contribution in [0.25, 0.3) is 11.1 Å². The Morgan fingerprint density at radius 3 is 1.47 bits per heavy atom. The minimum Gasteiger partial charge on any atom is -0.351 e. The van der Waals surface area contributed by atoms with Crippen molar-refractivity contribution in [3.63, 3.8) is 0 Å². The predicted octanol–water partition coefficient (Wildman–Crippen LogP) is 10.1. The first-order valence-corrected chi connectivity index (χ1v) is 26.1. The smallest absolute Gasteiger partial charge is 0.251 e. The molecule has 2 saturated heterocycles. The first-order valence-electron chi connectivity index (χ1n) is 23.6. The van der Waals surface area contributed by atoms with Gasteiger partial charge in [0.05, 0.1) is 13.2 Å². The normalized spacial score (nSPS) is 23.6. The molecule has 6 aliphatic rings. The van der Waals surface area contributed by atoms with Crippen molar-refractivity contribution in [3.05, 3.63) is 179 Å². The number of amides is 2. The van der Waals surface area contributed by atoms with Crippen molar-refractivity contribution in [3.8, 4) is 0 Å². The molecule has 2 N–H and O–H groups in total. The Morgan fingerprint density at radius 1 is 0.603 bits per heavy atom. The number of nitrogens with zero attached hydrogens (tertiary/aromatic N) is 4. The molecule has 68 heavy (non-hydrogen) atoms. The van der Waals surface area contributed by atoms with Crippen LogP contribution in [0.15, 0.2) is 146 Å². The van der Waals surface area contributed by atoms with Crippen LogP contribution in [0.5, 0.6) is 0 Å². The third-order valence-electron chi connectivity index (χ3n) is 14.7. The van der Waals surface area contributed by atoms with Gasteiger partial charge in [0.25, 0.3) is 11.8 Å². The van der Waals surface area contributed by atoms with Gasteiger partial charge in [-0.2, -0.15) is 0 Å². The number of anilines is 4. The van der Waals surface area contributed by atoms with E-state index in [-0.39, 0.29) is 11.8 Å². The van der Waals surface area contributed by atoms with Crippen LogP contribution in [0.1, 0.15) is 70.7 Å². The molecule has 2 atom stereocenters. The summed E-state index contributed by atoms with van der Waals surface area (Å²) >= 11 is 0. The minimum atomic E-state index is -0.659. The summed E-state index contributed by atoms with van der Waals surface area (Å²) in [6, 6.07) is 29.0. The summed E-state index contributed by atoms with van der Waals surface area (Å²) in [6.45, 7) is 12.8. The van der Waals surface area contributed by atoms with Crippen LogP contribution in [0.3, 0.4) is 0 Å². The van der Waals surface area contributed by atoms with Crippen molar-refractivity contribution in [2.75, 3.05) is 84.6 Å². The molecule has 6 heterocycles. The van der Waals surface area contributed by atoms with Gasteiger partial charge in [-0.1, -0.05) is 110 Å². The number of rotatable bonds is 13. The molecular weight excluding hydrogens is 885 g/mol. The van der Waals surface area contributed by atoms with Crippen LogP contribution in [0.4, 0.5) is 22.7 Å². The average molecular weight is 945 g/mol. The third kappa shape index (κ3) is 7.70. The Morgan fingerprint density at radius 2 is 1.03 bits per heavy atom. The Balaban J connectivity index is 0.699. The molecule has 0 aliphatic carbocycles. The lowest BCUT2D eigenvalue weighted by atomic mass is 9.77. The SMILES string of the molecule is CN1C=C/C(=C\C=C\C23OCCN2c2ccc(C(=O)NCCSSCCNC(=O)c4ccc5c(c4)C(C)(C)C4(/C=C/C=C6\C=CN(C)c7ccccc76)OCCN54)cc2C3(C)C)c2ccccc21. The molecule has 6 aliphatic heterocycles. The highest BCUT2D eigenvalue weighted by atomic mass is 33.1. The molecule has 2 amide bonds. The largest absolute Gasteiger partial charge is 0.351 e. The van der Waals surface area contributed by atoms with E-state index in [1.54, 1.807) is 21.6 Å². The number of benzene rings is 4. The fraction of sp³-hybridized carbons (Fsp3) is 0.321. The summed E-state index contributed by atoms with van der Waals surface area (Å²) < 4.78 is 13.2. The Bertz CT molecular complexity index is 2650. The molecule has 4 aromatic rings. The number of nitrogens with one attached hydrogen (secondary N) is 2. The van der Waals surface area contributed by atoms with Gasteiger partial charge in [-0.25, -0.2) is 0 Å². The Kier molecular flexibility index (Phi) is 12.3. The summed E-state index contributed by atoms with van der Waals surface area (Å²) in [5.74, 6) is 1.32. The molecule has 350 valence electrons. The quantitative estimate of drug-likeness (QED) is 0.0998.